The van der Waals surface area contributed by atoms with Gasteiger partial charge in [0.05, 0.1) is 5.03 Å². The summed E-state index contributed by atoms with van der Waals surface area (Å²) in [6, 6.07) is 2.00. The predicted octanol–water partition coefficient (Wildman–Crippen LogP) is 4.30. The van der Waals surface area contributed by atoms with Crippen molar-refractivity contribution in [3.8, 4) is 0 Å². The fourth-order valence-electron chi connectivity index (χ4n) is 2.39. The average Bonchev–Trinajstić information content (AvgIpc) is 2.64. The Kier molecular flexibility index (Phi) is 5.29. The van der Waals surface area contributed by atoms with Crippen LogP contribution < -0.4 is 0 Å². The molecule has 2 nitrogen and oxygen atoms in total. The van der Waals surface area contributed by atoms with E-state index in [-0.39, 0.29) is 0 Å². The summed E-state index contributed by atoms with van der Waals surface area (Å²) >= 11 is 5.61. The Hall–Kier alpha value is -0.0900. The number of rotatable bonds is 4. The molecule has 1 heterocycles. The zero-order valence-electron chi connectivity index (χ0n) is 10.1. The highest BCUT2D eigenvalue weighted by Crippen LogP contribution is 2.40. The Balaban J connectivity index is 1.94. The van der Waals surface area contributed by atoms with Gasteiger partial charge in [-0.2, -0.15) is 0 Å². The molecule has 0 spiro atoms. The summed E-state index contributed by atoms with van der Waals surface area (Å²) in [4.78, 5) is 8.25. The Morgan fingerprint density at radius 1 is 1.24 bits per heavy atom. The van der Waals surface area contributed by atoms with Gasteiger partial charge in [-0.1, -0.05) is 41.6 Å². The maximum absolute atomic E-state index is 4.29. The van der Waals surface area contributed by atoms with Crippen molar-refractivity contribution in [2.45, 2.75) is 43.6 Å². The van der Waals surface area contributed by atoms with Gasteiger partial charge in [-0.05, 0) is 24.3 Å². The molecule has 1 aromatic heterocycles. The predicted molar refractivity (Wildman–Crippen MR) is 76.7 cm³/mol. The molecule has 94 valence electrons. The summed E-state index contributed by atoms with van der Waals surface area (Å²) in [5.41, 5.74) is 0.478. The van der Waals surface area contributed by atoms with E-state index in [2.05, 4.69) is 25.9 Å². The lowest BCUT2D eigenvalue weighted by molar-refractivity contribution is 0.334. The molecule has 0 N–H and O–H groups in total. The van der Waals surface area contributed by atoms with Gasteiger partial charge < -0.3 is 0 Å². The summed E-state index contributed by atoms with van der Waals surface area (Å²) < 4.78 is 0. The van der Waals surface area contributed by atoms with E-state index in [9.17, 15) is 0 Å². The fourth-order valence-corrected chi connectivity index (χ4v) is 4.53. The molecule has 1 aliphatic rings. The first-order valence-corrected chi connectivity index (χ1v) is 8.40. The van der Waals surface area contributed by atoms with Gasteiger partial charge >= 0.3 is 0 Å². The fraction of sp³-hybridized carbons (Fsp3) is 0.692. The minimum Gasteiger partial charge on any atom is -0.245 e. The first-order chi connectivity index (χ1) is 8.35. The number of aromatic nitrogens is 2. The first-order valence-electron chi connectivity index (χ1n) is 6.29. The van der Waals surface area contributed by atoms with Gasteiger partial charge in [-0.25, -0.2) is 9.97 Å². The summed E-state index contributed by atoms with van der Waals surface area (Å²) in [6.07, 6.45) is 11.8. The minimum atomic E-state index is 0.478. The molecule has 0 amide bonds. The number of alkyl halides is 1. The van der Waals surface area contributed by atoms with Crippen LogP contribution >= 0.6 is 27.7 Å². The number of halogens is 1. The monoisotopic (exact) mass is 314 g/mol. The van der Waals surface area contributed by atoms with Crippen LogP contribution in [0.15, 0.2) is 23.6 Å². The van der Waals surface area contributed by atoms with E-state index >= 15 is 0 Å². The van der Waals surface area contributed by atoms with Crippen molar-refractivity contribution in [1.29, 1.82) is 0 Å². The molecule has 2 rings (SSSR count). The summed E-state index contributed by atoms with van der Waals surface area (Å²) in [5.74, 6) is 1.18. The highest BCUT2D eigenvalue weighted by molar-refractivity contribution is 9.09. The second-order valence-electron chi connectivity index (χ2n) is 4.88. The lowest BCUT2D eigenvalue weighted by atomic mass is 9.85. The second-order valence-corrected chi connectivity index (χ2v) is 6.44. The van der Waals surface area contributed by atoms with Crippen LogP contribution in [-0.4, -0.2) is 21.1 Å². The van der Waals surface area contributed by atoms with E-state index < -0.39 is 0 Å². The Labute approximate surface area is 116 Å². The van der Waals surface area contributed by atoms with Crippen LogP contribution in [0.2, 0.25) is 0 Å². The van der Waals surface area contributed by atoms with Crippen molar-refractivity contribution in [3.05, 3.63) is 18.6 Å². The van der Waals surface area contributed by atoms with E-state index in [0.29, 0.717) is 5.41 Å². The van der Waals surface area contributed by atoms with Gasteiger partial charge in [0.1, 0.15) is 6.33 Å². The summed E-state index contributed by atoms with van der Waals surface area (Å²) in [5, 5.41) is 2.22. The van der Waals surface area contributed by atoms with Gasteiger partial charge in [0.2, 0.25) is 0 Å². The van der Waals surface area contributed by atoms with Crippen LogP contribution in [0.3, 0.4) is 0 Å². The Bertz CT molecular complexity index is 323. The smallest absolute Gasteiger partial charge is 0.116 e. The topological polar surface area (TPSA) is 25.8 Å². The minimum absolute atomic E-state index is 0.478. The molecule has 0 aliphatic heterocycles. The van der Waals surface area contributed by atoms with Crippen molar-refractivity contribution in [2.24, 2.45) is 5.41 Å². The molecule has 1 saturated carbocycles. The van der Waals surface area contributed by atoms with Gasteiger partial charge in [-0.3, -0.25) is 0 Å². The molecule has 0 radical (unpaired) electrons. The van der Waals surface area contributed by atoms with Crippen molar-refractivity contribution >= 4 is 27.7 Å². The van der Waals surface area contributed by atoms with E-state index in [1.807, 2.05) is 24.0 Å². The van der Waals surface area contributed by atoms with E-state index in [1.165, 1.54) is 44.3 Å². The quantitative estimate of drug-likeness (QED) is 0.358. The normalized spacial score (nSPS) is 19.8. The van der Waals surface area contributed by atoms with E-state index in [4.69, 9.17) is 0 Å². The number of hydrogen-bond donors (Lipinski definition) is 0. The van der Waals surface area contributed by atoms with Crippen molar-refractivity contribution in [3.63, 3.8) is 0 Å². The molecule has 0 atom stereocenters. The van der Waals surface area contributed by atoms with Crippen LogP contribution in [-0.2, 0) is 0 Å². The lowest BCUT2D eigenvalue weighted by Gasteiger charge is -2.30. The van der Waals surface area contributed by atoms with Gasteiger partial charge in [0.15, 0.2) is 0 Å². The number of thioether (sulfide) groups is 1. The van der Waals surface area contributed by atoms with E-state index in [0.717, 1.165) is 10.4 Å². The molecule has 1 aliphatic carbocycles. The maximum Gasteiger partial charge on any atom is 0.116 e. The van der Waals surface area contributed by atoms with Crippen LogP contribution in [0.25, 0.3) is 0 Å². The Morgan fingerprint density at radius 3 is 2.59 bits per heavy atom. The van der Waals surface area contributed by atoms with Crippen molar-refractivity contribution in [2.75, 3.05) is 11.1 Å². The number of nitrogens with zero attached hydrogens (tertiary/aromatic N) is 2. The lowest BCUT2D eigenvalue weighted by Crippen LogP contribution is -2.25. The molecule has 0 aromatic carbocycles. The van der Waals surface area contributed by atoms with E-state index in [1.54, 1.807) is 6.33 Å². The molecular weight excluding hydrogens is 296 g/mol. The SMILES string of the molecule is BrCC1(CSc2ccncn2)CCCCCC1. The molecular formula is C13H19BrN2S. The number of hydrogen-bond acceptors (Lipinski definition) is 3. The van der Waals surface area contributed by atoms with Gasteiger partial charge in [0.25, 0.3) is 0 Å². The third kappa shape index (κ3) is 3.95. The standard InChI is InChI=1S/C13H19BrN2S/c14-9-13(6-3-1-2-4-7-13)10-17-12-5-8-15-11-16-12/h5,8,11H,1-4,6-7,9-10H2. The summed E-state index contributed by atoms with van der Waals surface area (Å²) in [6.45, 7) is 0. The molecule has 4 heteroatoms. The van der Waals surface area contributed by atoms with Crippen LogP contribution in [0.1, 0.15) is 38.5 Å². The third-order valence-corrected chi connectivity index (χ3v) is 6.01. The van der Waals surface area contributed by atoms with Crippen molar-refractivity contribution < 1.29 is 0 Å². The first kappa shape index (κ1) is 13.3. The van der Waals surface area contributed by atoms with Crippen molar-refractivity contribution in [1.82, 2.24) is 9.97 Å². The second kappa shape index (κ2) is 6.74. The molecule has 0 bridgehead atoms. The van der Waals surface area contributed by atoms with Crippen LogP contribution in [0.5, 0.6) is 0 Å². The highest BCUT2D eigenvalue weighted by Gasteiger charge is 2.29. The molecule has 17 heavy (non-hydrogen) atoms. The van der Waals surface area contributed by atoms with Gasteiger partial charge in [-0.15, -0.1) is 11.8 Å². The molecule has 0 unspecified atom stereocenters. The largest absolute Gasteiger partial charge is 0.245 e. The molecule has 0 saturated heterocycles. The van der Waals surface area contributed by atoms with Crippen LogP contribution in [0, 0.1) is 5.41 Å². The molecule has 1 fully saturated rings. The Morgan fingerprint density at radius 2 is 2.00 bits per heavy atom. The zero-order chi connectivity index (χ0) is 12.0. The highest BCUT2D eigenvalue weighted by atomic mass is 79.9. The average molecular weight is 315 g/mol. The molecule has 1 aromatic rings. The maximum atomic E-state index is 4.29. The third-order valence-electron chi connectivity index (χ3n) is 3.53. The zero-order valence-corrected chi connectivity index (χ0v) is 12.5. The van der Waals surface area contributed by atoms with Gasteiger partial charge in [0, 0.05) is 17.3 Å². The summed E-state index contributed by atoms with van der Waals surface area (Å²) in [7, 11) is 0. The van der Waals surface area contributed by atoms with Crippen LogP contribution in [0.4, 0.5) is 0 Å².